The number of hydrogen-bond acceptors (Lipinski definition) is 6. The molecule has 1 heterocycles. The van der Waals surface area contributed by atoms with Crippen LogP contribution in [-0.2, 0) is 27.9 Å². The van der Waals surface area contributed by atoms with E-state index in [0.717, 1.165) is 38.5 Å². The first-order chi connectivity index (χ1) is 20.6. The molecule has 4 saturated carbocycles. The fraction of sp³-hybridized carbons (Fsp3) is 0.941. The highest BCUT2D eigenvalue weighted by molar-refractivity contribution is 7.87. The molecule has 5 fully saturated rings. The molecule has 266 valence electrons. The molecule has 5 aliphatic rings. The van der Waals surface area contributed by atoms with Gasteiger partial charge in [0.25, 0.3) is 0 Å². The van der Waals surface area contributed by atoms with Crippen LogP contribution in [0.25, 0.3) is 0 Å². The molecular weight excluding hydrogens is 650 g/mol. The van der Waals surface area contributed by atoms with E-state index in [1.54, 1.807) is 0 Å². The lowest BCUT2D eigenvalue weighted by Crippen LogP contribution is -2.64. The summed E-state index contributed by atoms with van der Waals surface area (Å²) in [5, 5.41) is 0.0542. The molecule has 0 amide bonds. The van der Waals surface area contributed by atoms with E-state index < -0.39 is 55.1 Å². The Kier molecular flexibility index (Phi) is 8.65. The molecule has 0 unspecified atom stereocenters. The number of fused-ring (bicyclic) bond motifs is 7. The Morgan fingerprint density at radius 3 is 1.96 bits per heavy atom. The van der Waals surface area contributed by atoms with Crippen LogP contribution in [0.4, 0.5) is 13.2 Å². The summed E-state index contributed by atoms with van der Waals surface area (Å²) in [4.78, 5) is 0. The first-order valence-corrected chi connectivity index (χ1v) is 24.5. The van der Waals surface area contributed by atoms with Crippen LogP contribution in [0, 0.1) is 34.5 Å². The monoisotopic (exact) mass is 708 g/mol. The van der Waals surface area contributed by atoms with Gasteiger partial charge >= 0.3 is 15.6 Å². The van der Waals surface area contributed by atoms with E-state index in [1.165, 1.54) is 0 Å². The smallest absolute Gasteiger partial charge is 0.414 e. The largest absolute Gasteiger partial charge is 0.534 e. The standard InChI is InChI=1S/C34H59F3O6SSi2/c1-21(41-44(38,39)34(35,36)37)33-28(40-33)20-26-24-15-14-22-18-23(42-45(10,11)29(2,3)4)16-17-31(22,8)25(24)19-27(32(26,33)9)43-46(12,13)30(5,6)7/h22-28H,1,14-20H2,2-13H3/t22-,23-,24+,25-,26-,27+,28+,31-,32+,33+/m0/s1. The van der Waals surface area contributed by atoms with Crippen molar-refractivity contribution in [2.24, 2.45) is 34.5 Å². The Hall–Kier alpha value is -0.406. The second-order valence-corrected chi connectivity index (χ2v) is 29.9. The van der Waals surface area contributed by atoms with E-state index in [1.807, 2.05) is 0 Å². The van der Waals surface area contributed by atoms with Gasteiger partial charge in [-0.25, -0.2) is 0 Å². The second-order valence-electron chi connectivity index (χ2n) is 18.8. The Morgan fingerprint density at radius 2 is 1.41 bits per heavy atom. The minimum atomic E-state index is -5.88. The zero-order valence-corrected chi connectivity index (χ0v) is 33.0. The molecule has 4 aliphatic carbocycles. The van der Waals surface area contributed by atoms with Crippen molar-refractivity contribution in [3.63, 3.8) is 0 Å². The van der Waals surface area contributed by atoms with Gasteiger partial charge in [-0.3, -0.25) is 0 Å². The van der Waals surface area contributed by atoms with E-state index in [-0.39, 0.29) is 33.6 Å². The van der Waals surface area contributed by atoms with Crippen molar-refractivity contribution < 1.29 is 39.4 Å². The molecule has 0 radical (unpaired) electrons. The first kappa shape index (κ1) is 36.9. The third-order valence-corrected chi connectivity index (χ3v) is 24.5. The number of ether oxygens (including phenoxy) is 1. The van der Waals surface area contributed by atoms with E-state index in [4.69, 9.17) is 17.8 Å². The van der Waals surface area contributed by atoms with Gasteiger partial charge in [-0.05, 0) is 110 Å². The van der Waals surface area contributed by atoms with E-state index >= 15 is 0 Å². The average molecular weight is 709 g/mol. The highest BCUT2D eigenvalue weighted by atomic mass is 32.2. The normalized spacial score (nSPS) is 41.6. The molecule has 0 spiro atoms. The summed E-state index contributed by atoms with van der Waals surface area (Å²) in [6, 6.07) is 0. The third-order valence-electron chi connectivity index (χ3n) is 14.5. The van der Waals surface area contributed by atoms with Crippen LogP contribution in [0.5, 0.6) is 0 Å². The predicted octanol–water partition coefficient (Wildman–Crippen LogP) is 9.55. The van der Waals surface area contributed by atoms with Crippen LogP contribution < -0.4 is 0 Å². The van der Waals surface area contributed by atoms with Gasteiger partial charge in [0.1, 0.15) is 5.76 Å². The van der Waals surface area contributed by atoms with Gasteiger partial charge in [-0.15, -0.1) is 0 Å². The van der Waals surface area contributed by atoms with Gasteiger partial charge in [-0.2, -0.15) is 21.6 Å². The molecule has 0 aromatic heterocycles. The zero-order valence-electron chi connectivity index (χ0n) is 30.2. The number of halogens is 3. The quantitative estimate of drug-likeness (QED) is 0.0863. The van der Waals surface area contributed by atoms with Crippen LogP contribution in [0.3, 0.4) is 0 Å². The van der Waals surface area contributed by atoms with Crippen molar-refractivity contribution >= 4 is 26.8 Å². The van der Waals surface area contributed by atoms with Gasteiger partial charge in [0, 0.05) is 11.5 Å². The summed E-state index contributed by atoms with van der Waals surface area (Å²) in [6.45, 7) is 30.9. The van der Waals surface area contributed by atoms with E-state index in [9.17, 15) is 21.6 Å². The minimum Gasteiger partial charge on any atom is -0.414 e. The van der Waals surface area contributed by atoms with E-state index in [2.05, 4.69) is 88.2 Å². The molecule has 5 rings (SSSR count). The first-order valence-electron chi connectivity index (χ1n) is 17.3. The Balaban J connectivity index is 1.49. The van der Waals surface area contributed by atoms with Gasteiger partial charge in [0.15, 0.2) is 22.2 Å². The summed E-state index contributed by atoms with van der Waals surface area (Å²) in [7, 11) is -10.2. The summed E-state index contributed by atoms with van der Waals surface area (Å²) in [5.74, 6) is 0.892. The molecule has 0 aromatic carbocycles. The summed E-state index contributed by atoms with van der Waals surface area (Å²) in [5.41, 5.74) is -7.57. The lowest BCUT2D eigenvalue weighted by atomic mass is 9.43. The second kappa shape index (κ2) is 10.8. The van der Waals surface area contributed by atoms with Gasteiger partial charge in [0.2, 0.25) is 0 Å². The zero-order chi connectivity index (χ0) is 34.9. The molecule has 0 N–H and O–H groups in total. The highest BCUT2D eigenvalue weighted by Crippen LogP contribution is 2.76. The van der Waals surface area contributed by atoms with Crippen LogP contribution >= 0.6 is 0 Å². The van der Waals surface area contributed by atoms with Crippen molar-refractivity contribution in [3.05, 3.63) is 12.3 Å². The summed E-state index contributed by atoms with van der Waals surface area (Å²) < 4.78 is 90.0. The maximum absolute atomic E-state index is 13.5. The van der Waals surface area contributed by atoms with Crippen LogP contribution in [0.1, 0.15) is 100 Å². The number of epoxide rings is 1. The summed E-state index contributed by atoms with van der Waals surface area (Å²) in [6.07, 6.45) is 6.21. The van der Waals surface area contributed by atoms with Crippen molar-refractivity contribution in [2.75, 3.05) is 0 Å². The van der Waals surface area contributed by atoms with Gasteiger partial charge in [-0.1, -0.05) is 62.0 Å². The van der Waals surface area contributed by atoms with Crippen molar-refractivity contribution in [3.8, 4) is 0 Å². The van der Waals surface area contributed by atoms with Crippen molar-refractivity contribution in [1.29, 1.82) is 0 Å². The molecule has 12 heteroatoms. The Morgan fingerprint density at radius 1 is 0.848 bits per heavy atom. The maximum atomic E-state index is 13.5. The predicted molar refractivity (Wildman–Crippen MR) is 179 cm³/mol. The molecule has 1 saturated heterocycles. The lowest BCUT2D eigenvalue weighted by Gasteiger charge is -2.64. The minimum absolute atomic E-state index is 0.0905. The van der Waals surface area contributed by atoms with Crippen LogP contribution in [0.2, 0.25) is 36.3 Å². The molecule has 6 nitrogen and oxygen atoms in total. The van der Waals surface area contributed by atoms with Crippen molar-refractivity contribution in [1.82, 2.24) is 0 Å². The van der Waals surface area contributed by atoms with Crippen molar-refractivity contribution in [2.45, 2.75) is 166 Å². The molecule has 0 aromatic rings. The lowest BCUT2D eigenvalue weighted by molar-refractivity contribution is -0.181. The van der Waals surface area contributed by atoms with Crippen LogP contribution in [-0.4, -0.2) is 54.5 Å². The SMILES string of the molecule is C=C(OS(=O)(=O)C(F)(F)F)[C@@]12O[C@@H]1C[C@H]1[C@@H]3CC[C@H]4C[C@@H](O[Si](C)(C)C(C)(C)C)CC[C@]4(C)[C@H]3C[C@@H](O[Si](C)(C)C(C)(C)C)[C@@]12C. The topological polar surface area (TPSA) is 74.4 Å². The Bertz CT molecular complexity index is 1340. The number of rotatable bonds is 7. The molecular formula is C34H59F3O6SSi2. The number of alkyl halides is 3. The van der Waals surface area contributed by atoms with Gasteiger partial charge < -0.3 is 17.8 Å². The van der Waals surface area contributed by atoms with Gasteiger partial charge in [0.05, 0.1) is 12.2 Å². The highest BCUT2D eigenvalue weighted by Gasteiger charge is 2.83. The molecule has 0 bridgehead atoms. The average Bonchev–Trinajstić information content (AvgIpc) is 3.54. The fourth-order valence-electron chi connectivity index (χ4n) is 9.72. The van der Waals surface area contributed by atoms with E-state index in [0.29, 0.717) is 24.2 Å². The molecule has 46 heavy (non-hydrogen) atoms. The number of hydrogen-bond donors (Lipinski definition) is 0. The van der Waals surface area contributed by atoms with Crippen LogP contribution in [0.15, 0.2) is 12.3 Å². The molecule has 10 atom stereocenters. The fourth-order valence-corrected chi connectivity index (χ4v) is 13.0. The Labute approximate surface area is 278 Å². The molecule has 1 aliphatic heterocycles. The maximum Gasteiger partial charge on any atom is 0.534 e. The summed E-state index contributed by atoms with van der Waals surface area (Å²) >= 11 is 0. The third kappa shape index (κ3) is 5.44.